The molecule has 0 saturated heterocycles. The van der Waals surface area contributed by atoms with E-state index in [1.807, 2.05) is 6.92 Å². The maximum Gasteiger partial charge on any atom is 0.261 e. The molecule has 0 radical (unpaired) electrons. The first-order valence-corrected chi connectivity index (χ1v) is 11.2. The zero-order chi connectivity index (χ0) is 22.8. The average Bonchev–Trinajstić information content (AvgIpc) is 2.72. The minimum absolute atomic E-state index is 0.0510. The van der Waals surface area contributed by atoms with Crippen LogP contribution >= 0.6 is 51.3 Å². The number of thiocarbonyl (C=S) groups is 1. The van der Waals surface area contributed by atoms with Gasteiger partial charge in [0.25, 0.3) is 5.91 Å². The fraction of sp³-hybridized carbons (Fsp3) is 0.250. The van der Waals surface area contributed by atoms with E-state index in [-0.39, 0.29) is 17.4 Å². The summed E-state index contributed by atoms with van der Waals surface area (Å²) in [6.45, 7) is 2.52. The van der Waals surface area contributed by atoms with E-state index < -0.39 is 5.91 Å². The molecule has 0 aromatic heterocycles. The van der Waals surface area contributed by atoms with Crippen LogP contribution in [-0.4, -0.2) is 30.1 Å². The first-order chi connectivity index (χ1) is 14.8. The summed E-state index contributed by atoms with van der Waals surface area (Å²) in [5, 5.41) is 3.36. The smallest absolute Gasteiger partial charge is 0.261 e. The Hall–Kier alpha value is -2.07. The van der Waals surface area contributed by atoms with Crippen molar-refractivity contribution < 1.29 is 19.1 Å². The number of hydrazine groups is 1. The van der Waals surface area contributed by atoms with Crippen molar-refractivity contribution in [2.24, 2.45) is 0 Å². The third-order valence-corrected chi connectivity index (χ3v) is 4.96. The second-order valence-corrected chi connectivity index (χ2v) is 8.22. The second-order valence-electron chi connectivity index (χ2n) is 6.06. The van der Waals surface area contributed by atoms with Gasteiger partial charge in [-0.05, 0) is 62.0 Å². The molecule has 0 heterocycles. The quantitative estimate of drug-likeness (QED) is 0.253. The highest BCUT2D eigenvalue weighted by Gasteiger charge is 2.15. The SMILES string of the molecule is CCOc1ccc(Br)cc1C(=O)NC(=S)NNC(=O)CCCOc1ccc(Cl)cc1Cl. The number of rotatable bonds is 8. The maximum absolute atomic E-state index is 12.5. The van der Waals surface area contributed by atoms with E-state index in [0.717, 1.165) is 4.47 Å². The number of benzene rings is 2. The van der Waals surface area contributed by atoms with Crippen LogP contribution in [0.3, 0.4) is 0 Å². The predicted molar refractivity (Wildman–Crippen MR) is 128 cm³/mol. The van der Waals surface area contributed by atoms with E-state index in [2.05, 4.69) is 32.1 Å². The van der Waals surface area contributed by atoms with Crippen molar-refractivity contribution in [1.29, 1.82) is 0 Å². The number of carbonyl (C=O) groups excluding carboxylic acids is 2. The van der Waals surface area contributed by atoms with Crippen LogP contribution < -0.4 is 25.6 Å². The standard InChI is InChI=1S/C20H20BrCl2N3O4S/c1-2-29-16-7-5-12(21)10-14(16)19(28)24-20(31)26-25-18(27)4-3-9-30-17-8-6-13(22)11-15(17)23/h5-8,10-11H,2-4,9H2,1H3,(H,25,27)(H2,24,26,28,31). The molecule has 2 rings (SSSR count). The van der Waals surface area contributed by atoms with Crippen LogP contribution in [0.4, 0.5) is 0 Å². The lowest BCUT2D eigenvalue weighted by Crippen LogP contribution is -2.48. The molecular formula is C20H20BrCl2N3O4S. The van der Waals surface area contributed by atoms with Gasteiger partial charge >= 0.3 is 0 Å². The highest BCUT2D eigenvalue weighted by Crippen LogP contribution is 2.27. The number of hydrogen-bond donors (Lipinski definition) is 3. The van der Waals surface area contributed by atoms with Crippen LogP contribution in [0.25, 0.3) is 0 Å². The monoisotopic (exact) mass is 547 g/mol. The Balaban J connectivity index is 1.72. The molecule has 31 heavy (non-hydrogen) atoms. The Kier molecular flexibility index (Phi) is 10.3. The summed E-state index contributed by atoms with van der Waals surface area (Å²) in [4.78, 5) is 24.4. The number of ether oxygens (including phenoxy) is 2. The van der Waals surface area contributed by atoms with Crippen molar-refractivity contribution in [1.82, 2.24) is 16.2 Å². The minimum Gasteiger partial charge on any atom is -0.493 e. The van der Waals surface area contributed by atoms with Gasteiger partial charge in [-0.3, -0.25) is 25.8 Å². The molecule has 166 valence electrons. The fourth-order valence-electron chi connectivity index (χ4n) is 2.36. The summed E-state index contributed by atoms with van der Waals surface area (Å²) in [5.74, 6) is 0.132. The van der Waals surface area contributed by atoms with Crippen molar-refractivity contribution in [2.45, 2.75) is 19.8 Å². The molecule has 0 saturated carbocycles. The van der Waals surface area contributed by atoms with Gasteiger partial charge in [-0.1, -0.05) is 39.1 Å². The van der Waals surface area contributed by atoms with E-state index in [9.17, 15) is 9.59 Å². The molecular weight excluding hydrogens is 529 g/mol. The van der Waals surface area contributed by atoms with Gasteiger partial charge in [-0.15, -0.1) is 0 Å². The zero-order valence-electron chi connectivity index (χ0n) is 16.5. The molecule has 0 aliphatic rings. The van der Waals surface area contributed by atoms with Gasteiger partial charge in [0.15, 0.2) is 5.11 Å². The van der Waals surface area contributed by atoms with Gasteiger partial charge in [-0.2, -0.15) is 0 Å². The molecule has 0 bridgehead atoms. The summed E-state index contributed by atoms with van der Waals surface area (Å²) in [5.41, 5.74) is 5.23. The Labute approximate surface area is 203 Å². The summed E-state index contributed by atoms with van der Waals surface area (Å²) in [6.07, 6.45) is 0.621. The van der Waals surface area contributed by atoms with Gasteiger partial charge in [-0.25, -0.2) is 0 Å². The molecule has 0 unspecified atom stereocenters. The minimum atomic E-state index is -0.468. The summed E-state index contributed by atoms with van der Waals surface area (Å²) < 4.78 is 11.7. The lowest BCUT2D eigenvalue weighted by molar-refractivity contribution is -0.121. The van der Waals surface area contributed by atoms with E-state index in [1.54, 1.807) is 36.4 Å². The Morgan fingerprint density at radius 2 is 1.81 bits per heavy atom. The largest absolute Gasteiger partial charge is 0.493 e. The molecule has 2 aromatic carbocycles. The first kappa shape index (κ1) is 25.2. The van der Waals surface area contributed by atoms with Crippen molar-refractivity contribution in [3.63, 3.8) is 0 Å². The maximum atomic E-state index is 12.5. The third-order valence-electron chi connectivity index (χ3n) is 3.73. The lowest BCUT2D eigenvalue weighted by atomic mass is 10.2. The number of amides is 2. The molecule has 0 atom stereocenters. The molecule has 11 heteroatoms. The zero-order valence-corrected chi connectivity index (χ0v) is 20.4. The number of hydrogen-bond acceptors (Lipinski definition) is 5. The highest BCUT2D eigenvalue weighted by molar-refractivity contribution is 9.10. The van der Waals surface area contributed by atoms with E-state index in [0.29, 0.717) is 46.7 Å². The summed E-state index contributed by atoms with van der Waals surface area (Å²) in [7, 11) is 0. The van der Waals surface area contributed by atoms with Gasteiger partial charge in [0.1, 0.15) is 11.5 Å². The highest BCUT2D eigenvalue weighted by atomic mass is 79.9. The average molecular weight is 549 g/mol. The fourth-order valence-corrected chi connectivity index (χ4v) is 3.33. The molecule has 2 aromatic rings. The topological polar surface area (TPSA) is 88.7 Å². The molecule has 0 fully saturated rings. The van der Waals surface area contributed by atoms with E-state index in [4.69, 9.17) is 44.9 Å². The summed E-state index contributed by atoms with van der Waals surface area (Å²) >= 11 is 20.2. The van der Waals surface area contributed by atoms with E-state index in [1.165, 1.54) is 0 Å². The van der Waals surface area contributed by atoms with Crippen molar-refractivity contribution in [3.05, 3.63) is 56.5 Å². The molecule has 0 aliphatic heterocycles. The molecule has 2 amide bonds. The van der Waals surface area contributed by atoms with Crippen LogP contribution in [0.15, 0.2) is 40.9 Å². The van der Waals surface area contributed by atoms with Gasteiger partial charge in [0.2, 0.25) is 5.91 Å². The number of carbonyl (C=O) groups is 2. The van der Waals surface area contributed by atoms with Crippen LogP contribution in [-0.2, 0) is 4.79 Å². The molecule has 7 nitrogen and oxygen atoms in total. The van der Waals surface area contributed by atoms with Crippen molar-refractivity contribution in [2.75, 3.05) is 13.2 Å². The molecule has 0 aliphatic carbocycles. The predicted octanol–water partition coefficient (Wildman–Crippen LogP) is 4.65. The van der Waals surface area contributed by atoms with Crippen molar-refractivity contribution >= 4 is 68.3 Å². The third kappa shape index (κ3) is 8.53. The van der Waals surface area contributed by atoms with Crippen molar-refractivity contribution in [3.8, 4) is 11.5 Å². The second kappa shape index (κ2) is 12.7. The number of nitrogens with one attached hydrogen (secondary N) is 3. The van der Waals surface area contributed by atoms with Crippen LogP contribution in [0, 0.1) is 0 Å². The molecule has 0 spiro atoms. The Morgan fingerprint density at radius 1 is 1.06 bits per heavy atom. The lowest BCUT2D eigenvalue weighted by Gasteiger charge is -2.13. The van der Waals surface area contributed by atoms with Gasteiger partial charge in [0, 0.05) is 15.9 Å². The van der Waals surface area contributed by atoms with Crippen LogP contribution in [0.2, 0.25) is 10.0 Å². The molecule has 3 N–H and O–H groups in total. The van der Waals surface area contributed by atoms with Gasteiger partial charge < -0.3 is 9.47 Å². The van der Waals surface area contributed by atoms with E-state index >= 15 is 0 Å². The Bertz CT molecular complexity index is 962. The van der Waals surface area contributed by atoms with Crippen LogP contribution in [0.5, 0.6) is 11.5 Å². The Morgan fingerprint density at radius 3 is 2.52 bits per heavy atom. The van der Waals surface area contributed by atoms with Gasteiger partial charge in [0.05, 0.1) is 23.8 Å². The first-order valence-electron chi connectivity index (χ1n) is 9.20. The summed E-state index contributed by atoms with van der Waals surface area (Å²) in [6, 6.07) is 9.98. The number of halogens is 3. The normalized spacial score (nSPS) is 10.2. The van der Waals surface area contributed by atoms with Crippen LogP contribution in [0.1, 0.15) is 30.1 Å².